The maximum atomic E-state index is 12.4. The van der Waals surface area contributed by atoms with E-state index in [2.05, 4.69) is 25.6 Å². The zero-order valence-corrected chi connectivity index (χ0v) is 27.5. The summed E-state index contributed by atoms with van der Waals surface area (Å²) in [6.07, 6.45) is 0. The fourth-order valence-corrected chi connectivity index (χ4v) is 4.82. The summed E-state index contributed by atoms with van der Waals surface area (Å²) >= 11 is 0. The predicted octanol–water partition coefficient (Wildman–Crippen LogP) is 5.18. The van der Waals surface area contributed by atoms with Gasteiger partial charge in [0.15, 0.2) is 0 Å². The first-order valence-electron chi connectivity index (χ1n) is 13.9. The molecule has 251 valence electrons. The minimum absolute atomic E-state index is 0. The monoisotopic (exact) mass is 732 g/mol. The average Bonchev–Trinajstić information content (AvgIpc) is 3.36. The minimum Gasteiger partial charge on any atom is -0.871 e. The van der Waals surface area contributed by atoms with Crippen molar-refractivity contribution < 1.29 is 58.5 Å². The summed E-state index contributed by atoms with van der Waals surface area (Å²) in [6, 6.07) is 24.6. The number of hydrogen-bond acceptors (Lipinski definition) is 14. The summed E-state index contributed by atoms with van der Waals surface area (Å²) in [5.41, 5.74) is 0.200. The van der Waals surface area contributed by atoms with Crippen LogP contribution < -0.4 is 20.4 Å². The van der Waals surface area contributed by atoms with Crippen molar-refractivity contribution in [2.45, 2.75) is 11.8 Å². The van der Waals surface area contributed by atoms with Crippen LogP contribution in [0.2, 0.25) is 0 Å². The van der Waals surface area contributed by atoms with Gasteiger partial charge >= 0.3 is 20.2 Å². The molecule has 0 fully saturated rings. The molecule has 0 amide bonds. The van der Waals surface area contributed by atoms with Gasteiger partial charge in [-0.15, -0.1) is 5.11 Å². The third-order valence-corrected chi connectivity index (χ3v) is 7.57. The molecular weight excluding hydrogens is 710 g/mol. The number of azo groups is 2. The second-order valence-corrected chi connectivity index (χ2v) is 11.4. The van der Waals surface area contributed by atoms with Crippen LogP contribution in [-0.2, 0) is 27.5 Å². The third-order valence-electron chi connectivity index (χ3n) is 6.74. The number of fused-ring (bicyclic) bond motifs is 1. The summed E-state index contributed by atoms with van der Waals surface area (Å²) in [5.74, 6) is -2.13. The van der Waals surface area contributed by atoms with Gasteiger partial charge in [-0.05, 0) is 42.6 Å². The van der Waals surface area contributed by atoms with Crippen LogP contribution >= 0.6 is 0 Å². The van der Waals surface area contributed by atoms with Crippen molar-refractivity contribution in [1.82, 2.24) is 9.78 Å². The molecule has 0 N–H and O–H groups in total. The van der Waals surface area contributed by atoms with Crippen molar-refractivity contribution in [3.05, 3.63) is 119 Å². The van der Waals surface area contributed by atoms with Crippen molar-refractivity contribution in [1.29, 1.82) is 0 Å². The van der Waals surface area contributed by atoms with Gasteiger partial charge in [0.1, 0.15) is 15.8 Å². The molecule has 50 heavy (non-hydrogen) atoms. The molecule has 18 heteroatoms. The Hall–Kier alpha value is -6.19. The number of para-hydroxylation sites is 1. The Kier molecular flexibility index (Phi) is 11.3. The van der Waals surface area contributed by atoms with Crippen LogP contribution in [0.15, 0.2) is 128 Å². The van der Waals surface area contributed by atoms with Crippen LogP contribution in [0.25, 0.3) is 16.5 Å². The first kappa shape index (κ1) is 36.6. The Bertz CT molecular complexity index is 2380. The molecule has 1 aromatic heterocycles. The zero-order valence-electron chi connectivity index (χ0n) is 27.4. The Morgan fingerprint density at radius 2 is 1.36 bits per heavy atom. The molecule has 1 radical (unpaired) electrons. The fraction of sp³-hybridized carbons (Fsp3) is 0.0312. The first-order chi connectivity index (χ1) is 23.3. The number of nitro groups is 1. The number of hydrogen-bond donors (Lipinski definition) is 0. The standard InChI is InChI=1S/C16H13N5O4.C16H12N2O5S.Cr/c1-10-15(16(23)20(19-10)11-5-3-2-4-6-11)18-17-13-8-7-12(21(24)25)9-14(13)22;19-14-8-6-11(24(21,22)23)9-13(14)17-18-16-12-4-2-1-3-10(12)5-7-15(16)20;/h2-9,22-23H,1H3;1-9,19-20H,(H,21,22,23);/q;;+3/p-3. The van der Waals surface area contributed by atoms with Gasteiger partial charge in [0, 0.05) is 23.4 Å². The molecule has 6 aromatic rings. The van der Waals surface area contributed by atoms with Gasteiger partial charge in [0.2, 0.25) is 0 Å². The van der Waals surface area contributed by atoms with Crippen LogP contribution in [0.5, 0.6) is 23.1 Å². The Balaban J connectivity index is 0.000000341. The molecule has 0 saturated carbocycles. The van der Waals surface area contributed by atoms with E-state index in [4.69, 9.17) is 0 Å². The van der Waals surface area contributed by atoms with E-state index in [-0.39, 0.29) is 48.7 Å². The number of rotatable bonds is 7. The summed E-state index contributed by atoms with van der Waals surface area (Å²) in [4.78, 5) is 9.37. The van der Waals surface area contributed by atoms with E-state index in [0.717, 1.165) is 35.7 Å². The van der Waals surface area contributed by atoms with Crippen LogP contribution in [0.3, 0.4) is 0 Å². The number of aryl methyl sites for hydroxylation is 1. The van der Waals surface area contributed by atoms with Crippen LogP contribution in [0.1, 0.15) is 8.55 Å². The van der Waals surface area contributed by atoms with Gasteiger partial charge in [-0.2, -0.15) is 20.4 Å². The van der Waals surface area contributed by atoms with E-state index in [1.54, 1.807) is 61.5 Å². The van der Waals surface area contributed by atoms with E-state index >= 15 is 0 Å². The van der Waals surface area contributed by atoms with E-state index in [1.165, 1.54) is 16.8 Å². The number of benzene rings is 5. The quantitative estimate of drug-likeness (QED) is 0.0898. The number of nitrogens with zero attached hydrogens (tertiary/aromatic N) is 7. The summed E-state index contributed by atoms with van der Waals surface area (Å²) < 4.78 is 34.3. The molecule has 0 bridgehead atoms. The molecule has 0 spiro atoms. The molecule has 0 atom stereocenters. The Morgan fingerprint density at radius 3 is 2.04 bits per heavy atom. The van der Waals surface area contributed by atoms with Crippen molar-refractivity contribution in [2.24, 2.45) is 20.5 Å². The summed E-state index contributed by atoms with van der Waals surface area (Å²) in [5, 5.41) is 79.1. The number of nitro benzene ring substituents is 1. The Labute approximate surface area is 297 Å². The topological polar surface area (TPSA) is 260 Å². The van der Waals surface area contributed by atoms with Crippen LogP contribution in [-0.4, -0.2) is 27.7 Å². The SMILES string of the molecule is Cc1nn(-c2ccccc2)c([O-])c1N=Nc1ccc([N+](=O)[O-])cc1[O-].O=S(=O)([O-])c1ccc([O-])c(N=Nc2c([O-])ccc3ccccc23)c1.[Cr+3].[H+].[H+]. The van der Waals surface area contributed by atoms with E-state index in [9.17, 15) is 43.5 Å². The van der Waals surface area contributed by atoms with E-state index in [1.807, 2.05) is 6.07 Å². The Morgan fingerprint density at radius 1 is 0.720 bits per heavy atom. The van der Waals surface area contributed by atoms with Gasteiger partial charge in [-0.1, -0.05) is 77.9 Å². The molecule has 0 aliphatic carbocycles. The van der Waals surface area contributed by atoms with Crippen molar-refractivity contribution in [2.75, 3.05) is 0 Å². The fourth-order valence-electron chi connectivity index (χ4n) is 4.33. The van der Waals surface area contributed by atoms with E-state index in [0.29, 0.717) is 16.8 Å². The van der Waals surface area contributed by atoms with Crippen molar-refractivity contribution >= 4 is 49.3 Å². The summed E-state index contributed by atoms with van der Waals surface area (Å²) in [6.45, 7) is 1.60. The van der Waals surface area contributed by atoms with Gasteiger partial charge in [0.25, 0.3) is 5.69 Å². The zero-order chi connectivity index (χ0) is 35.3. The second-order valence-electron chi connectivity index (χ2n) is 10.0. The molecule has 0 aliphatic rings. The normalized spacial score (nSPS) is 11.3. The molecule has 1 heterocycles. The smallest absolute Gasteiger partial charge is 0.871 e. The van der Waals surface area contributed by atoms with Gasteiger partial charge in [-0.3, -0.25) is 10.1 Å². The van der Waals surface area contributed by atoms with Crippen LogP contribution in [0, 0.1) is 17.0 Å². The third kappa shape index (κ3) is 8.26. The largest absolute Gasteiger partial charge is 3.00 e. The second kappa shape index (κ2) is 15.4. The molecule has 0 aliphatic heterocycles. The molecule has 0 saturated heterocycles. The molecule has 0 unspecified atom stereocenters. The van der Waals surface area contributed by atoms with Gasteiger partial charge in [0.05, 0.1) is 38.3 Å². The number of aromatic nitrogens is 2. The van der Waals surface area contributed by atoms with Crippen molar-refractivity contribution in [3.63, 3.8) is 0 Å². The van der Waals surface area contributed by atoms with Crippen LogP contribution in [0.4, 0.5) is 28.4 Å². The maximum Gasteiger partial charge on any atom is 3.00 e. The minimum atomic E-state index is -4.72. The molecule has 16 nitrogen and oxygen atoms in total. The molecule has 5 aromatic carbocycles. The number of non-ortho nitro benzene ring substituents is 1. The average molecular weight is 733 g/mol. The van der Waals surface area contributed by atoms with E-state index < -0.39 is 43.1 Å². The molecule has 6 rings (SSSR count). The predicted molar refractivity (Wildman–Crippen MR) is 168 cm³/mol. The van der Waals surface area contributed by atoms with Gasteiger partial charge in [-0.25, -0.2) is 13.1 Å². The first-order valence-corrected chi connectivity index (χ1v) is 15.3. The summed E-state index contributed by atoms with van der Waals surface area (Å²) in [7, 11) is -4.72. The van der Waals surface area contributed by atoms with Crippen molar-refractivity contribution in [3.8, 4) is 28.8 Å². The van der Waals surface area contributed by atoms with Gasteiger partial charge < -0.3 is 25.0 Å². The molecular formula is C32H22CrN7O9S. The maximum absolute atomic E-state index is 12.4.